The van der Waals surface area contributed by atoms with Gasteiger partial charge in [0.2, 0.25) is 0 Å². The molecule has 0 N–H and O–H groups in total. The molecule has 0 radical (unpaired) electrons. The van der Waals surface area contributed by atoms with Crippen LogP contribution in [0.15, 0.2) is 24.4 Å². The van der Waals surface area contributed by atoms with Crippen LogP contribution in [0.4, 0.5) is 0 Å². The monoisotopic (exact) mass is 191 g/mol. The highest BCUT2D eigenvalue weighted by atomic mass is 35.5. The molecule has 54 valence electrons. The number of pyridine rings is 1. The Bertz CT molecular complexity index is 190. The topological polar surface area (TPSA) is 12.9 Å². The van der Waals surface area contributed by atoms with Gasteiger partial charge in [0, 0.05) is 11.5 Å². The lowest BCUT2D eigenvalue weighted by Gasteiger charge is -1.96. The van der Waals surface area contributed by atoms with Gasteiger partial charge in [-0.15, -0.1) is 23.2 Å². The van der Waals surface area contributed by atoms with Crippen LogP contribution in [0.2, 0.25) is 0 Å². The Morgan fingerprint density at radius 3 is 2.70 bits per heavy atom. The second kappa shape index (κ2) is 3.96. The maximum atomic E-state index is 5.60. The molecule has 0 saturated heterocycles. The molecule has 0 saturated carbocycles. The van der Waals surface area contributed by atoms with E-state index in [9.17, 15) is 0 Å². The molecule has 0 unspecified atom stereocenters. The number of hydrogen-bond acceptors (Lipinski definition) is 1. The Morgan fingerprint density at radius 1 is 1.40 bits per heavy atom. The number of halogens is 2. The van der Waals surface area contributed by atoms with E-state index in [4.69, 9.17) is 23.2 Å². The highest BCUT2D eigenvalue weighted by Crippen LogP contribution is 1.96. The zero-order valence-electron chi connectivity index (χ0n) is 5.30. The van der Waals surface area contributed by atoms with Gasteiger partial charge in [-0.25, -0.2) is 0 Å². The highest BCUT2D eigenvalue weighted by molar-refractivity contribution is 6.75. The van der Waals surface area contributed by atoms with Crippen LogP contribution in [0, 0.1) is 0 Å². The van der Waals surface area contributed by atoms with E-state index in [0.29, 0.717) is 0 Å². The zero-order chi connectivity index (χ0) is 7.40. The molecule has 0 fully saturated rings. The van der Waals surface area contributed by atoms with Crippen LogP contribution in [0.5, 0.6) is 0 Å². The summed E-state index contributed by atoms with van der Waals surface area (Å²) in [7, 11) is -0.557. The van der Waals surface area contributed by atoms with Crippen LogP contribution in [-0.4, -0.2) is 19.0 Å². The Labute approximate surface area is 72.2 Å². The van der Waals surface area contributed by atoms with Crippen molar-refractivity contribution in [2.45, 2.75) is 4.46 Å². The average Bonchev–Trinajstić information content (AvgIpc) is 1.88. The van der Waals surface area contributed by atoms with Gasteiger partial charge in [0.25, 0.3) is 0 Å². The molecule has 4 heteroatoms. The van der Waals surface area contributed by atoms with Crippen LogP contribution < -0.4 is 5.32 Å². The van der Waals surface area contributed by atoms with Crippen molar-refractivity contribution in [2.75, 3.05) is 0 Å². The quantitative estimate of drug-likeness (QED) is 0.495. The van der Waals surface area contributed by atoms with Crippen molar-refractivity contribution >= 4 is 38.0 Å². The molecule has 0 spiro atoms. The van der Waals surface area contributed by atoms with Crippen molar-refractivity contribution in [1.29, 1.82) is 0 Å². The molecule has 0 amide bonds. The number of rotatable bonds is 2. The van der Waals surface area contributed by atoms with Crippen LogP contribution in [0.3, 0.4) is 0 Å². The molecule has 0 aliphatic carbocycles. The summed E-state index contributed by atoms with van der Waals surface area (Å²) in [6.07, 6.45) is 1.76. The van der Waals surface area contributed by atoms with Crippen LogP contribution in [0.1, 0.15) is 0 Å². The first kappa shape index (κ1) is 8.05. The Morgan fingerprint density at radius 2 is 2.20 bits per heavy atom. The van der Waals surface area contributed by atoms with Crippen LogP contribution >= 0.6 is 23.2 Å². The third-order valence-corrected chi connectivity index (χ3v) is 3.16. The van der Waals surface area contributed by atoms with Crippen molar-refractivity contribution in [2.24, 2.45) is 0 Å². The van der Waals surface area contributed by atoms with E-state index < -0.39 is 9.52 Å². The summed E-state index contributed by atoms with van der Waals surface area (Å²) in [5.74, 6) is 0. The van der Waals surface area contributed by atoms with Crippen molar-refractivity contribution < 1.29 is 0 Å². The average molecular weight is 192 g/mol. The predicted octanol–water partition coefficient (Wildman–Crippen LogP) is 0.637. The van der Waals surface area contributed by atoms with E-state index in [1.165, 1.54) is 0 Å². The number of nitrogens with zero attached hydrogens (tertiary/aromatic N) is 1. The van der Waals surface area contributed by atoms with Gasteiger partial charge in [-0.1, -0.05) is 6.07 Å². The summed E-state index contributed by atoms with van der Waals surface area (Å²) < 4.78 is -0.213. The Hall–Kier alpha value is -0.0531. The summed E-state index contributed by atoms with van der Waals surface area (Å²) in [5.41, 5.74) is 0. The van der Waals surface area contributed by atoms with E-state index in [1.54, 1.807) is 6.20 Å². The van der Waals surface area contributed by atoms with Crippen molar-refractivity contribution in [3.8, 4) is 0 Å². The molecule has 0 bridgehead atoms. The first-order valence-corrected chi connectivity index (χ1v) is 5.37. The summed E-state index contributed by atoms with van der Waals surface area (Å²) >= 11 is 11.2. The predicted molar refractivity (Wildman–Crippen MR) is 47.9 cm³/mol. The molecule has 1 aromatic rings. The molecular formula is C6H7Cl2NSi. The lowest BCUT2D eigenvalue weighted by molar-refractivity contribution is 1.38. The van der Waals surface area contributed by atoms with E-state index in [1.807, 2.05) is 18.2 Å². The lowest BCUT2D eigenvalue weighted by atomic mass is 10.5. The number of alkyl halides is 2. The van der Waals surface area contributed by atoms with Gasteiger partial charge in [0.05, 0.1) is 4.46 Å². The summed E-state index contributed by atoms with van der Waals surface area (Å²) in [6, 6.07) is 5.80. The van der Waals surface area contributed by atoms with Gasteiger partial charge in [0.1, 0.15) is 9.52 Å². The third-order valence-electron chi connectivity index (χ3n) is 1.09. The SMILES string of the molecule is ClC(Cl)[SiH2]c1ccccn1. The van der Waals surface area contributed by atoms with Crippen molar-refractivity contribution in [1.82, 2.24) is 4.98 Å². The molecule has 1 aromatic heterocycles. The van der Waals surface area contributed by atoms with Crippen LogP contribution in [-0.2, 0) is 0 Å². The van der Waals surface area contributed by atoms with E-state index >= 15 is 0 Å². The molecule has 0 aliphatic rings. The van der Waals surface area contributed by atoms with E-state index in [0.717, 1.165) is 5.32 Å². The van der Waals surface area contributed by atoms with Gasteiger partial charge in [0.15, 0.2) is 0 Å². The fourth-order valence-corrected chi connectivity index (χ4v) is 2.42. The number of aromatic nitrogens is 1. The zero-order valence-corrected chi connectivity index (χ0v) is 8.22. The first-order valence-electron chi connectivity index (χ1n) is 2.97. The van der Waals surface area contributed by atoms with Gasteiger partial charge >= 0.3 is 0 Å². The minimum absolute atomic E-state index is 0.213. The first-order chi connectivity index (χ1) is 4.79. The van der Waals surface area contributed by atoms with E-state index in [2.05, 4.69) is 4.98 Å². The van der Waals surface area contributed by atoms with Gasteiger partial charge < -0.3 is 0 Å². The van der Waals surface area contributed by atoms with Crippen LogP contribution in [0.25, 0.3) is 0 Å². The molecule has 0 aliphatic heterocycles. The largest absolute Gasteiger partial charge is 0.267 e. The minimum Gasteiger partial charge on any atom is -0.267 e. The molecular weight excluding hydrogens is 185 g/mol. The smallest absolute Gasteiger partial charge is 0.117 e. The Balaban J connectivity index is 2.59. The standard InChI is InChI=1S/C6H7Cl2NSi/c7-6(8)10-5-3-1-2-4-9-5/h1-4,6H,10H2. The second-order valence-corrected chi connectivity index (χ2v) is 6.18. The second-order valence-electron chi connectivity index (χ2n) is 1.92. The summed E-state index contributed by atoms with van der Waals surface area (Å²) in [4.78, 5) is 4.11. The fraction of sp³-hybridized carbons (Fsp3) is 0.167. The summed E-state index contributed by atoms with van der Waals surface area (Å²) in [6.45, 7) is 0. The number of hydrogen-bond donors (Lipinski definition) is 0. The Kier molecular flexibility index (Phi) is 3.19. The maximum absolute atomic E-state index is 5.60. The molecule has 1 heterocycles. The van der Waals surface area contributed by atoms with Crippen molar-refractivity contribution in [3.63, 3.8) is 0 Å². The molecule has 1 nitrogen and oxygen atoms in total. The lowest BCUT2D eigenvalue weighted by Crippen LogP contribution is -2.22. The molecule has 10 heavy (non-hydrogen) atoms. The maximum Gasteiger partial charge on any atom is 0.117 e. The van der Waals surface area contributed by atoms with Gasteiger partial charge in [-0.05, 0) is 12.1 Å². The van der Waals surface area contributed by atoms with Crippen molar-refractivity contribution in [3.05, 3.63) is 24.4 Å². The van der Waals surface area contributed by atoms with Gasteiger partial charge in [-0.2, -0.15) is 0 Å². The highest BCUT2D eigenvalue weighted by Gasteiger charge is 2.01. The third kappa shape index (κ3) is 2.69. The molecule has 1 rings (SSSR count). The minimum atomic E-state index is -0.557. The molecule has 0 aromatic carbocycles. The fourth-order valence-electron chi connectivity index (χ4n) is 0.677. The molecule has 0 atom stereocenters. The van der Waals surface area contributed by atoms with E-state index in [-0.39, 0.29) is 4.46 Å². The van der Waals surface area contributed by atoms with Gasteiger partial charge in [-0.3, -0.25) is 4.98 Å². The normalized spacial score (nSPS) is 11.5. The summed E-state index contributed by atoms with van der Waals surface area (Å²) in [5, 5.41) is 1.07.